The maximum Gasteiger partial charge on any atom is 0.219 e. The molecule has 3 rings (SSSR count). The lowest BCUT2D eigenvalue weighted by atomic mass is 10.1. The summed E-state index contributed by atoms with van der Waals surface area (Å²) >= 11 is 0. The lowest BCUT2D eigenvalue weighted by molar-refractivity contribution is -0.129. The molecule has 1 aliphatic heterocycles. The number of hydrogen-bond acceptors (Lipinski definition) is 3. The van der Waals surface area contributed by atoms with Gasteiger partial charge in [0.05, 0.1) is 11.9 Å². The number of aryl methyl sites for hydroxylation is 2. The third-order valence-electron chi connectivity index (χ3n) is 4.41. The first kappa shape index (κ1) is 15.5. The fraction of sp³-hybridized carbons (Fsp3) is 0.368. The van der Waals surface area contributed by atoms with Crippen LogP contribution in [-0.2, 0) is 17.6 Å². The summed E-state index contributed by atoms with van der Waals surface area (Å²) in [5, 5.41) is 0. The molecule has 0 aliphatic carbocycles. The molecule has 1 aromatic carbocycles. The van der Waals surface area contributed by atoms with E-state index >= 15 is 0 Å². The summed E-state index contributed by atoms with van der Waals surface area (Å²) in [6.07, 6.45) is 3.94. The van der Waals surface area contributed by atoms with E-state index in [0.29, 0.717) is 0 Å². The Morgan fingerprint density at radius 2 is 1.74 bits per heavy atom. The van der Waals surface area contributed by atoms with E-state index < -0.39 is 0 Å². The van der Waals surface area contributed by atoms with E-state index in [1.54, 1.807) is 6.92 Å². The Morgan fingerprint density at radius 1 is 1.00 bits per heavy atom. The molecule has 1 fully saturated rings. The van der Waals surface area contributed by atoms with Crippen LogP contribution in [0.4, 0.5) is 5.69 Å². The third-order valence-corrected chi connectivity index (χ3v) is 4.41. The Bertz CT molecular complexity index is 631. The van der Waals surface area contributed by atoms with Crippen LogP contribution in [0.1, 0.15) is 18.2 Å². The molecule has 2 heterocycles. The molecule has 0 spiro atoms. The Morgan fingerprint density at radius 3 is 2.35 bits per heavy atom. The van der Waals surface area contributed by atoms with Crippen molar-refractivity contribution in [1.29, 1.82) is 0 Å². The van der Waals surface area contributed by atoms with E-state index in [-0.39, 0.29) is 5.91 Å². The molecule has 4 nitrogen and oxygen atoms in total. The Labute approximate surface area is 137 Å². The number of piperazine rings is 1. The fourth-order valence-electron chi connectivity index (χ4n) is 2.95. The van der Waals surface area contributed by atoms with Crippen LogP contribution in [0.2, 0.25) is 0 Å². The minimum absolute atomic E-state index is 0.166. The van der Waals surface area contributed by atoms with Crippen LogP contribution in [-0.4, -0.2) is 42.0 Å². The van der Waals surface area contributed by atoms with Crippen LogP contribution in [0.15, 0.2) is 48.7 Å². The van der Waals surface area contributed by atoms with Crippen molar-refractivity contribution < 1.29 is 4.79 Å². The van der Waals surface area contributed by atoms with Gasteiger partial charge in [0, 0.05) is 38.8 Å². The highest BCUT2D eigenvalue weighted by Crippen LogP contribution is 2.16. The van der Waals surface area contributed by atoms with Gasteiger partial charge in [0.25, 0.3) is 0 Å². The van der Waals surface area contributed by atoms with E-state index in [9.17, 15) is 4.79 Å². The largest absolute Gasteiger partial charge is 0.367 e. The van der Waals surface area contributed by atoms with Gasteiger partial charge in [-0.3, -0.25) is 9.78 Å². The van der Waals surface area contributed by atoms with Crippen LogP contribution in [0, 0.1) is 0 Å². The molecule has 0 unspecified atom stereocenters. The van der Waals surface area contributed by atoms with Gasteiger partial charge in [-0.05, 0) is 30.5 Å². The predicted octanol–water partition coefficient (Wildman–Crippen LogP) is 2.54. The van der Waals surface area contributed by atoms with Crippen LogP contribution in [0.25, 0.3) is 0 Å². The summed E-state index contributed by atoms with van der Waals surface area (Å²) < 4.78 is 0. The van der Waals surface area contributed by atoms with Crippen molar-refractivity contribution in [2.75, 3.05) is 31.1 Å². The van der Waals surface area contributed by atoms with E-state index in [1.807, 2.05) is 17.2 Å². The maximum atomic E-state index is 11.4. The van der Waals surface area contributed by atoms with Crippen molar-refractivity contribution in [2.45, 2.75) is 19.8 Å². The number of anilines is 1. The molecular weight excluding hydrogens is 286 g/mol. The second kappa shape index (κ2) is 7.27. The highest BCUT2D eigenvalue weighted by molar-refractivity contribution is 5.73. The molecule has 23 heavy (non-hydrogen) atoms. The number of carbonyl (C=O) groups is 1. The first-order valence-corrected chi connectivity index (χ1v) is 8.22. The molecule has 4 heteroatoms. The molecule has 0 N–H and O–H groups in total. The van der Waals surface area contributed by atoms with E-state index in [4.69, 9.17) is 0 Å². The quantitative estimate of drug-likeness (QED) is 0.871. The summed E-state index contributed by atoms with van der Waals surface area (Å²) in [7, 11) is 0. The monoisotopic (exact) mass is 309 g/mol. The van der Waals surface area contributed by atoms with Crippen molar-refractivity contribution in [2.24, 2.45) is 0 Å². The smallest absolute Gasteiger partial charge is 0.219 e. The lowest BCUT2D eigenvalue weighted by Gasteiger charge is -2.35. The average molecular weight is 309 g/mol. The summed E-state index contributed by atoms with van der Waals surface area (Å²) in [4.78, 5) is 20.2. The van der Waals surface area contributed by atoms with Crippen molar-refractivity contribution >= 4 is 11.6 Å². The first-order chi connectivity index (χ1) is 11.2. The first-order valence-electron chi connectivity index (χ1n) is 8.22. The standard InChI is InChI=1S/C19H23N3O/c1-16(23)21-11-13-22(14-12-21)19-10-9-18(20-15-19)8-7-17-5-3-2-4-6-17/h2-6,9-10,15H,7-8,11-14H2,1H3. The van der Waals surface area contributed by atoms with Gasteiger partial charge >= 0.3 is 0 Å². The number of aromatic nitrogens is 1. The average Bonchev–Trinajstić information content (AvgIpc) is 2.61. The normalized spacial score (nSPS) is 14.8. The number of hydrogen-bond donors (Lipinski definition) is 0. The molecule has 1 saturated heterocycles. The van der Waals surface area contributed by atoms with Gasteiger partial charge < -0.3 is 9.80 Å². The highest BCUT2D eigenvalue weighted by Gasteiger charge is 2.18. The van der Waals surface area contributed by atoms with Gasteiger partial charge in [-0.15, -0.1) is 0 Å². The molecule has 0 atom stereocenters. The van der Waals surface area contributed by atoms with Gasteiger partial charge in [-0.25, -0.2) is 0 Å². The Kier molecular flexibility index (Phi) is 4.91. The SMILES string of the molecule is CC(=O)N1CCN(c2ccc(CCc3ccccc3)nc2)CC1. The third kappa shape index (κ3) is 4.09. The summed E-state index contributed by atoms with van der Waals surface area (Å²) in [6.45, 7) is 4.99. The number of benzene rings is 1. The molecule has 0 radical (unpaired) electrons. The second-order valence-electron chi connectivity index (χ2n) is 5.99. The second-order valence-corrected chi connectivity index (χ2v) is 5.99. The van der Waals surface area contributed by atoms with Crippen LogP contribution in [0.3, 0.4) is 0 Å². The molecule has 2 aromatic rings. The van der Waals surface area contributed by atoms with Crippen molar-refractivity contribution in [3.63, 3.8) is 0 Å². The van der Waals surface area contributed by atoms with Crippen LogP contribution >= 0.6 is 0 Å². The number of carbonyl (C=O) groups excluding carboxylic acids is 1. The summed E-state index contributed by atoms with van der Waals surface area (Å²) in [5.41, 5.74) is 3.62. The van der Waals surface area contributed by atoms with Crippen molar-refractivity contribution in [1.82, 2.24) is 9.88 Å². The lowest BCUT2D eigenvalue weighted by Crippen LogP contribution is -2.48. The molecule has 0 bridgehead atoms. The van der Waals surface area contributed by atoms with Gasteiger partial charge in [0.15, 0.2) is 0 Å². The minimum Gasteiger partial charge on any atom is -0.367 e. The number of pyridine rings is 1. The topological polar surface area (TPSA) is 36.4 Å². The van der Waals surface area contributed by atoms with Gasteiger partial charge in [0.2, 0.25) is 5.91 Å². The van der Waals surface area contributed by atoms with E-state index in [0.717, 1.165) is 50.4 Å². The number of nitrogens with zero attached hydrogens (tertiary/aromatic N) is 3. The highest BCUT2D eigenvalue weighted by atomic mass is 16.2. The van der Waals surface area contributed by atoms with E-state index in [2.05, 4.69) is 46.3 Å². The zero-order valence-corrected chi connectivity index (χ0v) is 13.6. The predicted molar refractivity (Wildman–Crippen MR) is 92.6 cm³/mol. The Hall–Kier alpha value is -2.36. The molecule has 120 valence electrons. The van der Waals surface area contributed by atoms with Crippen LogP contribution in [0.5, 0.6) is 0 Å². The van der Waals surface area contributed by atoms with Crippen molar-refractivity contribution in [3.05, 3.63) is 59.9 Å². The molecule has 1 aliphatic rings. The maximum absolute atomic E-state index is 11.4. The summed E-state index contributed by atoms with van der Waals surface area (Å²) in [6, 6.07) is 14.8. The molecular formula is C19H23N3O. The Balaban J connectivity index is 1.54. The molecule has 0 saturated carbocycles. The summed E-state index contributed by atoms with van der Waals surface area (Å²) in [5.74, 6) is 0.166. The number of amides is 1. The van der Waals surface area contributed by atoms with Crippen LogP contribution < -0.4 is 4.90 Å². The number of rotatable bonds is 4. The van der Waals surface area contributed by atoms with Gasteiger partial charge in [-0.1, -0.05) is 30.3 Å². The molecule has 1 aromatic heterocycles. The zero-order chi connectivity index (χ0) is 16.1. The van der Waals surface area contributed by atoms with E-state index in [1.165, 1.54) is 5.56 Å². The van der Waals surface area contributed by atoms with Crippen molar-refractivity contribution in [3.8, 4) is 0 Å². The fourth-order valence-corrected chi connectivity index (χ4v) is 2.95. The van der Waals surface area contributed by atoms with Gasteiger partial charge in [0.1, 0.15) is 0 Å². The van der Waals surface area contributed by atoms with Gasteiger partial charge in [-0.2, -0.15) is 0 Å². The zero-order valence-electron chi connectivity index (χ0n) is 13.6. The minimum atomic E-state index is 0.166. The molecule has 1 amide bonds.